The zero-order valence-electron chi connectivity index (χ0n) is 12.8. The first-order valence-corrected chi connectivity index (χ1v) is 8.88. The Bertz CT molecular complexity index is 771. The van der Waals surface area contributed by atoms with Gasteiger partial charge in [-0.25, -0.2) is 0 Å². The highest BCUT2D eigenvalue weighted by molar-refractivity contribution is 7.85. The highest BCUT2D eigenvalue weighted by atomic mass is 32.2. The van der Waals surface area contributed by atoms with Gasteiger partial charge in [0.2, 0.25) is 0 Å². The Balaban J connectivity index is 1.57. The first-order valence-electron chi connectivity index (χ1n) is 7.30. The summed E-state index contributed by atoms with van der Waals surface area (Å²) in [5.74, 6) is 1.37. The van der Waals surface area contributed by atoms with E-state index in [0.717, 1.165) is 17.1 Å². The Morgan fingerprint density at radius 2 is 1.96 bits per heavy atom. The fourth-order valence-corrected chi connectivity index (χ4v) is 3.56. The molecule has 1 aliphatic rings. The molecule has 1 heterocycles. The maximum Gasteiger partial charge on any atom is 0.271 e. The summed E-state index contributed by atoms with van der Waals surface area (Å²) < 4.78 is 40.1. The van der Waals surface area contributed by atoms with Crippen LogP contribution in [0.3, 0.4) is 0 Å². The third-order valence-electron chi connectivity index (χ3n) is 3.63. The Hall–Kier alpha value is -2.05. The van der Waals surface area contributed by atoms with Crippen molar-refractivity contribution in [1.29, 1.82) is 0 Å². The second-order valence-corrected chi connectivity index (χ2v) is 7.03. The van der Waals surface area contributed by atoms with Crippen molar-refractivity contribution >= 4 is 10.1 Å². The molecule has 0 spiro atoms. The smallest absolute Gasteiger partial charge is 0.271 e. The van der Waals surface area contributed by atoms with Crippen molar-refractivity contribution < 1.29 is 22.1 Å². The first kappa shape index (κ1) is 15.8. The molecule has 5 nitrogen and oxygen atoms in total. The van der Waals surface area contributed by atoms with Crippen LogP contribution < -0.4 is 9.47 Å². The molecule has 122 valence electrons. The summed E-state index contributed by atoms with van der Waals surface area (Å²) in [7, 11) is -2.02. The fourth-order valence-electron chi connectivity index (χ4n) is 2.52. The van der Waals surface area contributed by atoms with Gasteiger partial charge in [-0.3, -0.25) is 4.18 Å². The quantitative estimate of drug-likeness (QED) is 0.760. The number of rotatable bonds is 6. The largest absolute Gasteiger partial charge is 0.497 e. The van der Waals surface area contributed by atoms with Crippen molar-refractivity contribution in [3.05, 3.63) is 59.7 Å². The molecule has 1 atom stereocenters. The van der Waals surface area contributed by atoms with Crippen molar-refractivity contribution in [3.63, 3.8) is 0 Å². The van der Waals surface area contributed by atoms with Gasteiger partial charge in [-0.15, -0.1) is 0 Å². The van der Waals surface area contributed by atoms with E-state index in [1.54, 1.807) is 31.4 Å². The minimum Gasteiger partial charge on any atom is -0.497 e. The molecule has 0 fully saturated rings. The number of benzene rings is 2. The van der Waals surface area contributed by atoms with Gasteiger partial charge in [0, 0.05) is 12.0 Å². The summed E-state index contributed by atoms with van der Waals surface area (Å²) >= 11 is 0. The van der Waals surface area contributed by atoms with E-state index in [2.05, 4.69) is 0 Å². The second-order valence-electron chi connectivity index (χ2n) is 5.39. The van der Waals surface area contributed by atoms with Crippen molar-refractivity contribution in [1.82, 2.24) is 0 Å². The van der Waals surface area contributed by atoms with Crippen molar-refractivity contribution in [2.75, 3.05) is 13.7 Å². The van der Waals surface area contributed by atoms with Crippen molar-refractivity contribution in [3.8, 4) is 11.5 Å². The van der Waals surface area contributed by atoms with E-state index in [1.807, 2.05) is 24.3 Å². The molecular weight excluding hydrogens is 316 g/mol. The maximum absolute atomic E-state index is 12.0. The molecule has 0 amide bonds. The Morgan fingerprint density at radius 3 is 2.70 bits per heavy atom. The summed E-state index contributed by atoms with van der Waals surface area (Å²) in [5, 5.41) is 0. The Kier molecular flexibility index (Phi) is 4.54. The highest BCUT2D eigenvalue weighted by Crippen LogP contribution is 2.32. The van der Waals surface area contributed by atoms with Gasteiger partial charge in [0.05, 0.1) is 7.11 Å². The van der Waals surface area contributed by atoms with Gasteiger partial charge in [0.25, 0.3) is 10.1 Å². The zero-order chi connectivity index (χ0) is 16.3. The fraction of sp³-hybridized carbons (Fsp3) is 0.294. The van der Waals surface area contributed by atoms with Gasteiger partial charge in [0.15, 0.2) is 0 Å². The van der Waals surface area contributed by atoms with E-state index in [0.29, 0.717) is 12.0 Å². The molecule has 0 bridgehead atoms. The lowest BCUT2D eigenvalue weighted by molar-refractivity contribution is 0.152. The van der Waals surface area contributed by atoms with Gasteiger partial charge >= 0.3 is 0 Å². The Labute approximate surface area is 135 Å². The zero-order valence-corrected chi connectivity index (χ0v) is 13.6. The number of ether oxygens (including phenoxy) is 2. The van der Waals surface area contributed by atoms with Crippen molar-refractivity contribution in [2.45, 2.75) is 18.3 Å². The van der Waals surface area contributed by atoms with Gasteiger partial charge in [0.1, 0.15) is 30.0 Å². The molecule has 2 aromatic carbocycles. The van der Waals surface area contributed by atoms with Crippen LogP contribution in [0.1, 0.15) is 11.1 Å². The topological polar surface area (TPSA) is 61.8 Å². The van der Waals surface area contributed by atoms with E-state index in [-0.39, 0.29) is 18.5 Å². The molecule has 0 unspecified atom stereocenters. The van der Waals surface area contributed by atoms with E-state index in [4.69, 9.17) is 13.7 Å². The predicted molar refractivity (Wildman–Crippen MR) is 86.1 cm³/mol. The monoisotopic (exact) mass is 334 g/mol. The highest BCUT2D eigenvalue weighted by Gasteiger charge is 2.25. The summed E-state index contributed by atoms with van der Waals surface area (Å²) in [6.45, 7) is 0.00611. The minimum atomic E-state index is -3.63. The van der Waals surface area contributed by atoms with Gasteiger partial charge in [-0.1, -0.05) is 30.3 Å². The third-order valence-corrected chi connectivity index (χ3v) is 4.81. The van der Waals surface area contributed by atoms with Crippen LogP contribution in [0.15, 0.2) is 48.5 Å². The van der Waals surface area contributed by atoms with Crippen LogP contribution in [-0.4, -0.2) is 28.2 Å². The summed E-state index contributed by atoms with van der Waals surface area (Å²) in [6.07, 6.45) is 0.301. The summed E-state index contributed by atoms with van der Waals surface area (Å²) in [6, 6.07) is 14.5. The molecule has 0 aromatic heterocycles. The van der Waals surface area contributed by atoms with Gasteiger partial charge in [-0.05, 0) is 23.8 Å². The SMILES string of the molecule is COc1ccc2c(c1)C[C@H](COS(=O)(=O)Cc1ccccc1)O2. The van der Waals surface area contributed by atoms with Crippen LogP contribution in [-0.2, 0) is 26.5 Å². The molecule has 0 saturated carbocycles. The normalized spacial score (nSPS) is 16.7. The Morgan fingerprint density at radius 1 is 1.17 bits per heavy atom. The predicted octanol–water partition coefficient (Wildman–Crippen LogP) is 2.55. The van der Waals surface area contributed by atoms with E-state index < -0.39 is 10.1 Å². The minimum absolute atomic E-state index is 0.00611. The van der Waals surface area contributed by atoms with E-state index in [1.165, 1.54) is 0 Å². The van der Waals surface area contributed by atoms with Crippen LogP contribution in [0.5, 0.6) is 11.5 Å². The molecule has 1 aliphatic heterocycles. The third kappa shape index (κ3) is 4.03. The number of fused-ring (bicyclic) bond motifs is 1. The van der Waals surface area contributed by atoms with Gasteiger partial charge in [-0.2, -0.15) is 8.42 Å². The van der Waals surface area contributed by atoms with Crippen LogP contribution in [0.4, 0.5) is 0 Å². The molecule has 6 heteroatoms. The average Bonchev–Trinajstić information content (AvgIpc) is 2.95. The van der Waals surface area contributed by atoms with E-state index in [9.17, 15) is 8.42 Å². The number of hydrogen-bond acceptors (Lipinski definition) is 5. The lowest BCUT2D eigenvalue weighted by Crippen LogP contribution is -2.23. The molecule has 2 aromatic rings. The molecule has 23 heavy (non-hydrogen) atoms. The molecule has 0 saturated heterocycles. The summed E-state index contributed by atoms with van der Waals surface area (Å²) in [4.78, 5) is 0. The standard InChI is InChI=1S/C17H18O5S/c1-20-15-7-8-17-14(9-15)10-16(22-17)11-21-23(18,19)12-13-5-3-2-4-6-13/h2-9,16H,10-12H2,1H3/t16-/m1/s1. The van der Waals surface area contributed by atoms with Crippen LogP contribution in [0.2, 0.25) is 0 Å². The number of methoxy groups -OCH3 is 1. The maximum atomic E-state index is 12.0. The first-order chi connectivity index (χ1) is 11.1. The van der Waals surface area contributed by atoms with Crippen LogP contribution in [0.25, 0.3) is 0 Å². The average molecular weight is 334 g/mol. The lowest BCUT2D eigenvalue weighted by Gasteiger charge is -2.11. The lowest BCUT2D eigenvalue weighted by atomic mass is 10.1. The second kappa shape index (κ2) is 6.60. The van der Waals surface area contributed by atoms with Gasteiger partial charge < -0.3 is 9.47 Å². The molecule has 3 rings (SSSR count). The van der Waals surface area contributed by atoms with Crippen molar-refractivity contribution in [2.24, 2.45) is 0 Å². The number of hydrogen-bond donors (Lipinski definition) is 0. The van der Waals surface area contributed by atoms with Crippen LogP contribution in [0, 0.1) is 0 Å². The van der Waals surface area contributed by atoms with E-state index >= 15 is 0 Å². The molecule has 0 aliphatic carbocycles. The summed E-state index contributed by atoms with van der Waals surface area (Å²) in [5.41, 5.74) is 1.70. The molecule has 0 radical (unpaired) electrons. The van der Waals surface area contributed by atoms with Crippen LogP contribution >= 0.6 is 0 Å². The molecular formula is C17H18O5S. The molecule has 0 N–H and O–H groups in total.